The fraction of sp³-hybridized carbons (Fsp3) is 1.00. The third-order valence-electron chi connectivity index (χ3n) is 1.06. The third-order valence-corrected chi connectivity index (χ3v) is 16.5. The Bertz CT molecular complexity index is 74.1. The van der Waals surface area contributed by atoms with Crippen LogP contribution in [-0.2, 0) is 0 Å². The molecule has 0 atom stereocenters. The summed E-state index contributed by atoms with van der Waals surface area (Å²) >= 11 is -1.18. The van der Waals surface area contributed by atoms with E-state index in [2.05, 4.69) is 36.8 Å². The van der Waals surface area contributed by atoms with Crippen molar-refractivity contribution in [3.8, 4) is 0 Å². The summed E-state index contributed by atoms with van der Waals surface area (Å²) in [4.78, 5) is 1.62. The molecule has 0 aromatic carbocycles. The van der Waals surface area contributed by atoms with Crippen LogP contribution in [0, 0.1) is 0 Å². The van der Waals surface area contributed by atoms with E-state index in [0.29, 0.717) is 0 Å². The van der Waals surface area contributed by atoms with Crippen molar-refractivity contribution in [3.63, 3.8) is 0 Å². The van der Waals surface area contributed by atoms with Crippen molar-refractivity contribution in [3.05, 3.63) is 0 Å². The zero-order valence-electron chi connectivity index (χ0n) is 7.71. The minimum absolute atomic E-state index is 0.709. The molecular weight excluding hydrogens is 187 g/mol. The zero-order chi connectivity index (χ0) is 7.71. The first-order valence-corrected chi connectivity index (χ1v) is 15.2. The van der Waals surface area contributed by atoms with Crippen LogP contribution in [-0.4, -0.2) is 21.6 Å². The molecule has 0 fully saturated rings. The monoisotopic (exact) mass is 208 g/mol. The van der Waals surface area contributed by atoms with Gasteiger partial charge in [-0.3, -0.25) is 0 Å². The second-order valence-electron chi connectivity index (χ2n) is 5.30. The molecule has 0 radical (unpaired) electrons. The summed E-state index contributed by atoms with van der Waals surface area (Å²) < 4.78 is 0. The summed E-state index contributed by atoms with van der Waals surface area (Å²) in [7, 11) is -0.709. The molecule has 0 aliphatic heterocycles. The predicted molar refractivity (Wildman–Crippen MR) is 52.9 cm³/mol. The van der Waals surface area contributed by atoms with Gasteiger partial charge in [0.1, 0.15) is 0 Å². The van der Waals surface area contributed by atoms with Crippen LogP contribution in [0.5, 0.6) is 0 Å². The molecule has 2 heteroatoms. The summed E-state index contributed by atoms with van der Waals surface area (Å²) in [6.07, 6.45) is 0. The van der Waals surface area contributed by atoms with Gasteiger partial charge in [0.05, 0.1) is 0 Å². The molecule has 0 aromatic heterocycles. The van der Waals surface area contributed by atoms with Crippen LogP contribution in [0.15, 0.2) is 0 Å². The van der Waals surface area contributed by atoms with Crippen LogP contribution >= 0.6 is 0 Å². The van der Waals surface area contributed by atoms with E-state index in [1.165, 1.54) is 0 Å². The average Bonchev–Trinajstić information content (AvgIpc) is 1.14. The second kappa shape index (κ2) is 2.80. The van der Waals surface area contributed by atoms with E-state index in [1.54, 1.807) is 4.83 Å². The molecule has 0 nitrogen and oxygen atoms in total. The molecule has 0 aliphatic rings. The van der Waals surface area contributed by atoms with Gasteiger partial charge in [0.15, 0.2) is 0 Å². The van der Waals surface area contributed by atoms with Gasteiger partial charge >= 0.3 is 63.2 Å². The molecule has 9 heavy (non-hydrogen) atoms. The topological polar surface area (TPSA) is 0 Å². The van der Waals surface area contributed by atoms with Crippen molar-refractivity contribution in [1.82, 2.24) is 0 Å². The molecule has 0 amide bonds. The van der Waals surface area contributed by atoms with Crippen LogP contribution in [0.1, 0.15) is 0 Å². The van der Waals surface area contributed by atoms with Gasteiger partial charge in [-0.1, -0.05) is 0 Å². The molecule has 58 valence electrons. The SMILES string of the molecule is C[Si](C)(C)C[AsH](C)(C)C. The Balaban J connectivity index is 3.75. The first-order valence-electron chi connectivity index (χ1n) is 3.71. The summed E-state index contributed by atoms with van der Waals surface area (Å²) in [5.41, 5.74) is 7.54. The minimum atomic E-state index is -1.18. The molecule has 0 saturated heterocycles. The third kappa shape index (κ3) is 8.78. The molecule has 0 heterocycles. The van der Waals surface area contributed by atoms with Crippen molar-refractivity contribution in [2.75, 3.05) is 0 Å². The van der Waals surface area contributed by atoms with Gasteiger partial charge in [-0.2, -0.15) is 0 Å². The second-order valence-corrected chi connectivity index (χ2v) is 23.7. The zero-order valence-corrected chi connectivity index (χ0v) is 10.8. The number of rotatable bonds is 2. The van der Waals surface area contributed by atoms with E-state index in [-0.39, 0.29) is 0 Å². The molecule has 0 rings (SSSR count). The van der Waals surface area contributed by atoms with Crippen molar-refractivity contribution >= 4 is 21.6 Å². The molecular formula is C7H21AsSi. The average molecular weight is 208 g/mol. The summed E-state index contributed by atoms with van der Waals surface area (Å²) in [6.45, 7) is 7.43. The van der Waals surface area contributed by atoms with Crippen LogP contribution in [0.25, 0.3) is 0 Å². The van der Waals surface area contributed by atoms with Gasteiger partial charge in [0.2, 0.25) is 0 Å². The van der Waals surface area contributed by atoms with E-state index < -0.39 is 21.6 Å². The van der Waals surface area contributed by atoms with Crippen LogP contribution in [0.3, 0.4) is 0 Å². The van der Waals surface area contributed by atoms with E-state index in [9.17, 15) is 0 Å². The Labute approximate surface area is 63.5 Å². The first kappa shape index (κ1) is 9.78. The van der Waals surface area contributed by atoms with Gasteiger partial charge in [0, 0.05) is 0 Å². The van der Waals surface area contributed by atoms with Crippen LogP contribution in [0.4, 0.5) is 0 Å². The predicted octanol–water partition coefficient (Wildman–Crippen LogP) is 2.93. The van der Waals surface area contributed by atoms with E-state index in [4.69, 9.17) is 0 Å². The standard InChI is InChI=1S/C7H21AsSi/c1-8(2,3)7-9(4,5)6/h8H,7H2,1-6H3. The summed E-state index contributed by atoms with van der Waals surface area (Å²) in [6, 6.07) is 0. The van der Waals surface area contributed by atoms with E-state index >= 15 is 0 Å². The van der Waals surface area contributed by atoms with Gasteiger partial charge in [-0.25, -0.2) is 0 Å². The van der Waals surface area contributed by atoms with Gasteiger partial charge in [-0.05, 0) is 0 Å². The molecule has 0 bridgehead atoms. The quantitative estimate of drug-likeness (QED) is 0.612. The van der Waals surface area contributed by atoms with Crippen molar-refractivity contribution in [2.24, 2.45) is 0 Å². The Morgan fingerprint density at radius 1 is 1.00 bits per heavy atom. The summed E-state index contributed by atoms with van der Waals surface area (Å²) in [5, 5.41) is 0. The number of hydrogen-bond donors (Lipinski definition) is 0. The fourth-order valence-electron chi connectivity index (χ4n) is 1.59. The van der Waals surface area contributed by atoms with Crippen LogP contribution in [0.2, 0.25) is 41.6 Å². The molecule has 0 saturated carbocycles. The van der Waals surface area contributed by atoms with E-state index in [1.807, 2.05) is 0 Å². The van der Waals surface area contributed by atoms with Gasteiger partial charge in [0.25, 0.3) is 0 Å². The van der Waals surface area contributed by atoms with Crippen molar-refractivity contribution in [1.29, 1.82) is 0 Å². The van der Waals surface area contributed by atoms with Crippen molar-refractivity contribution < 1.29 is 0 Å². The van der Waals surface area contributed by atoms with E-state index in [0.717, 1.165) is 0 Å². The normalized spacial score (nSPS) is 15.8. The van der Waals surface area contributed by atoms with Crippen LogP contribution < -0.4 is 0 Å². The Kier molecular flexibility index (Phi) is 3.04. The Morgan fingerprint density at radius 3 is 1.33 bits per heavy atom. The molecule has 0 N–H and O–H groups in total. The maximum atomic E-state index is 2.51. The summed E-state index contributed by atoms with van der Waals surface area (Å²) in [5.74, 6) is 0. The van der Waals surface area contributed by atoms with Gasteiger partial charge in [-0.15, -0.1) is 0 Å². The Hall–Kier alpha value is 0.775. The number of hydrogen-bond acceptors (Lipinski definition) is 0. The molecule has 0 unspecified atom stereocenters. The first-order chi connectivity index (χ1) is 3.71. The molecule has 0 aromatic rings. The molecule has 0 spiro atoms. The fourth-order valence-corrected chi connectivity index (χ4v) is 24.8. The molecule has 0 aliphatic carbocycles. The Morgan fingerprint density at radius 2 is 1.33 bits per heavy atom. The van der Waals surface area contributed by atoms with Crippen molar-refractivity contribution in [2.45, 2.75) is 41.6 Å². The van der Waals surface area contributed by atoms with Gasteiger partial charge < -0.3 is 0 Å². The maximum absolute atomic E-state index is 2.51.